The second-order valence-electron chi connectivity index (χ2n) is 9.72. The minimum Gasteiger partial charge on any atom is -0.485 e. The standard InChI is InChI=1S/C27H21Cl2N3O5S/c1-27(2)16(12-21(28)29)22(27)25(34)36-15-9-7-14(8-10-15)11-20-24(33)32-26(38-20)30-23(31-32)19-13-35-17-5-3-4-6-18(17)37-19/h3-12,16,19,22H,13H2,1-2H3/b20-11+/t16-,19-,22+/m1/s1. The Kier molecular flexibility index (Phi) is 6.17. The van der Waals surface area contributed by atoms with Crippen LogP contribution in [0.1, 0.15) is 31.3 Å². The number of carbonyl (C=O) groups excluding carboxylic acids is 1. The number of nitrogens with zero attached hydrogens (tertiary/aromatic N) is 3. The molecule has 1 fully saturated rings. The third kappa shape index (κ3) is 4.55. The lowest BCUT2D eigenvalue weighted by molar-refractivity contribution is -0.136. The van der Waals surface area contributed by atoms with Crippen LogP contribution in [0.25, 0.3) is 11.0 Å². The van der Waals surface area contributed by atoms with Crippen LogP contribution in [-0.2, 0) is 4.79 Å². The van der Waals surface area contributed by atoms with Crippen LogP contribution in [0.15, 0.2) is 63.9 Å². The van der Waals surface area contributed by atoms with Crippen LogP contribution in [0.4, 0.5) is 0 Å². The predicted octanol–water partition coefficient (Wildman–Crippen LogP) is 4.71. The monoisotopic (exact) mass is 569 g/mol. The molecule has 0 spiro atoms. The van der Waals surface area contributed by atoms with Crippen molar-refractivity contribution in [2.75, 3.05) is 6.61 Å². The smallest absolute Gasteiger partial charge is 0.315 e. The van der Waals surface area contributed by atoms with Gasteiger partial charge in [0.05, 0.1) is 10.5 Å². The second kappa shape index (κ2) is 9.41. The third-order valence-electron chi connectivity index (χ3n) is 6.86. The maximum absolute atomic E-state index is 13.0. The Labute approximate surface area is 231 Å². The lowest BCUT2D eigenvalue weighted by Crippen LogP contribution is -2.26. The van der Waals surface area contributed by atoms with Gasteiger partial charge in [0.15, 0.2) is 23.4 Å². The van der Waals surface area contributed by atoms with Crippen LogP contribution in [0.2, 0.25) is 0 Å². The molecule has 0 amide bonds. The minimum atomic E-state index is -0.501. The highest BCUT2D eigenvalue weighted by Gasteiger charge is 2.61. The number of esters is 1. The highest BCUT2D eigenvalue weighted by atomic mass is 35.5. The summed E-state index contributed by atoms with van der Waals surface area (Å²) in [4.78, 5) is 30.6. The van der Waals surface area contributed by atoms with E-state index in [9.17, 15) is 9.59 Å². The van der Waals surface area contributed by atoms with Crippen LogP contribution in [0.5, 0.6) is 17.2 Å². The molecule has 0 N–H and O–H groups in total. The van der Waals surface area contributed by atoms with Crippen LogP contribution in [0.3, 0.4) is 0 Å². The maximum Gasteiger partial charge on any atom is 0.315 e. The summed E-state index contributed by atoms with van der Waals surface area (Å²) in [5.41, 5.74) is 0.230. The second-order valence-corrected chi connectivity index (χ2v) is 11.7. The van der Waals surface area contributed by atoms with E-state index in [0.29, 0.717) is 32.6 Å². The van der Waals surface area contributed by atoms with E-state index >= 15 is 0 Å². The van der Waals surface area contributed by atoms with Crippen LogP contribution < -0.4 is 24.3 Å². The van der Waals surface area contributed by atoms with Crippen LogP contribution in [-0.4, -0.2) is 27.2 Å². The van der Waals surface area contributed by atoms with Crippen molar-refractivity contribution >= 4 is 51.5 Å². The fraction of sp³-hybridized carbons (Fsp3) is 0.259. The molecule has 1 aliphatic carbocycles. The van der Waals surface area contributed by atoms with E-state index in [4.69, 9.17) is 37.4 Å². The summed E-state index contributed by atoms with van der Waals surface area (Å²) in [7, 11) is 0. The van der Waals surface area contributed by atoms with E-state index in [1.165, 1.54) is 15.9 Å². The molecule has 2 aromatic carbocycles. The molecule has 38 heavy (non-hydrogen) atoms. The molecule has 2 aromatic heterocycles. The van der Waals surface area contributed by atoms with E-state index in [0.717, 1.165) is 5.56 Å². The van der Waals surface area contributed by atoms with E-state index in [-0.39, 0.29) is 39.9 Å². The molecule has 2 aliphatic rings. The number of fused-ring (bicyclic) bond motifs is 2. The molecule has 3 heterocycles. The van der Waals surface area contributed by atoms with Gasteiger partial charge in [0.1, 0.15) is 16.8 Å². The highest BCUT2D eigenvalue weighted by molar-refractivity contribution is 7.15. The normalized spacial score (nSPS) is 21.8. The Morgan fingerprint density at radius 2 is 1.89 bits per heavy atom. The van der Waals surface area contributed by atoms with Crippen molar-refractivity contribution in [2.24, 2.45) is 17.3 Å². The first-order valence-corrected chi connectivity index (χ1v) is 13.4. The number of aromatic nitrogens is 3. The van der Waals surface area contributed by atoms with Crippen molar-refractivity contribution in [1.29, 1.82) is 0 Å². The molecule has 0 bridgehead atoms. The van der Waals surface area contributed by atoms with Crippen molar-refractivity contribution < 1.29 is 19.0 Å². The SMILES string of the molecule is CC1(C)[C@H](C=C(Cl)Cl)[C@H]1C(=O)Oc1ccc(/C=c2/sc3nc([C@H]4COc5ccccc5O4)nn3c2=O)cc1. The number of ether oxygens (including phenoxy) is 3. The minimum absolute atomic E-state index is 0.0667. The zero-order chi connectivity index (χ0) is 26.6. The average molecular weight is 570 g/mol. The van der Waals surface area contributed by atoms with Crippen molar-refractivity contribution in [2.45, 2.75) is 20.0 Å². The number of thiazole rings is 1. The molecule has 3 atom stereocenters. The Hall–Kier alpha value is -3.40. The summed E-state index contributed by atoms with van der Waals surface area (Å²) in [6.07, 6.45) is 2.93. The lowest BCUT2D eigenvalue weighted by Gasteiger charge is -2.24. The Bertz CT molecular complexity index is 1690. The number of allylic oxidation sites excluding steroid dienone is 1. The number of carbonyl (C=O) groups is 1. The zero-order valence-corrected chi connectivity index (χ0v) is 22.6. The van der Waals surface area contributed by atoms with Gasteiger partial charge < -0.3 is 14.2 Å². The van der Waals surface area contributed by atoms with Crippen molar-refractivity contribution in [3.05, 3.63) is 85.4 Å². The molecule has 194 valence electrons. The van der Waals surface area contributed by atoms with E-state index in [1.807, 2.05) is 38.1 Å². The van der Waals surface area contributed by atoms with Crippen molar-refractivity contribution in [1.82, 2.24) is 14.6 Å². The third-order valence-corrected chi connectivity index (χ3v) is 8.07. The number of benzene rings is 2. The molecule has 1 aliphatic heterocycles. The van der Waals surface area contributed by atoms with Gasteiger partial charge in [-0.15, -0.1) is 5.10 Å². The van der Waals surface area contributed by atoms with Gasteiger partial charge in [0, 0.05) is 0 Å². The largest absolute Gasteiger partial charge is 0.485 e. The average Bonchev–Trinajstić information content (AvgIpc) is 3.15. The topological polar surface area (TPSA) is 92.0 Å². The first-order valence-electron chi connectivity index (χ1n) is 11.8. The van der Waals surface area contributed by atoms with Gasteiger partial charge in [0.25, 0.3) is 5.56 Å². The van der Waals surface area contributed by atoms with Crippen LogP contribution in [0, 0.1) is 17.3 Å². The molecular formula is C27H21Cl2N3O5S. The summed E-state index contributed by atoms with van der Waals surface area (Å²) in [6.45, 7) is 4.20. The van der Waals surface area contributed by atoms with Crippen molar-refractivity contribution in [3.8, 4) is 17.2 Å². The molecular weight excluding hydrogens is 549 g/mol. The van der Waals surface area contributed by atoms with E-state index < -0.39 is 6.10 Å². The zero-order valence-electron chi connectivity index (χ0n) is 20.3. The predicted molar refractivity (Wildman–Crippen MR) is 144 cm³/mol. The van der Waals surface area contributed by atoms with Crippen molar-refractivity contribution in [3.63, 3.8) is 0 Å². The summed E-state index contributed by atoms with van der Waals surface area (Å²) >= 11 is 12.8. The number of para-hydroxylation sites is 2. The fourth-order valence-electron chi connectivity index (χ4n) is 4.67. The Morgan fingerprint density at radius 1 is 1.16 bits per heavy atom. The van der Waals surface area contributed by atoms with Gasteiger partial charge in [-0.3, -0.25) is 9.59 Å². The fourth-order valence-corrected chi connectivity index (χ4v) is 5.86. The van der Waals surface area contributed by atoms with Gasteiger partial charge >= 0.3 is 5.97 Å². The van der Waals surface area contributed by atoms with Gasteiger partial charge in [-0.05, 0) is 53.3 Å². The molecule has 8 nitrogen and oxygen atoms in total. The van der Waals surface area contributed by atoms with Gasteiger partial charge in [0.2, 0.25) is 4.96 Å². The first-order chi connectivity index (χ1) is 18.2. The Balaban J connectivity index is 1.17. The molecule has 0 radical (unpaired) electrons. The molecule has 0 saturated heterocycles. The van der Waals surface area contributed by atoms with Gasteiger partial charge in [-0.1, -0.05) is 72.7 Å². The summed E-state index contributed by atoms with van der Waals surface area (Å²) in [6, 6.07) is 14.3. The molecule has 11 heteroatoms. The van der Waals surface area contributed by atoms with Crippen LogP contribution >= 0.6 is 34.5 Å². The molecule has 6 rings (SSSR count). The number of hydrogen-bond acceptors (Lipinski definition) is 8. The van der Waals surface area contributed by atoms with E-state index in [2.05, 4.69) is 10.1 Å². The summed E-state index contributed by atoms with van der Waals surface area (Å²) in [5.74, 6) is 1.38. The quantitative estimate of drug-likeness (QED) is 0.254. The maximum atomic E-state index is 13.0. The lowest BCUT2D eigenvalue weighted by atomic mass is 10.1. The highest BCUT2D eigenvalue weighted by Crippen LogP contribution is 2.60. The molecule has 4 aromatic rings. The number of rotatable bonds is 5. The summed E-state index contributed by atoms with van der Waals surface area (Å²) < 4.78 is 19.2. The van der Waals surface area contributed by atoms with Gasteiger partial charge in [-0.2, -0.15) is 9.50 Å². The summed E-state index contributed by atoms with van der Waals surface area (Å²) in [5, 5.41) is 4.38. The van der Waals surface area contributed by atoms with E-state index in [1.54, 1.807) is 36.4 Å². The molecule has 0 unspecified atom stereocenters. The Morgan fingerprint density at radius 3 is 2.61 bits per heavy atom. The van der Waals surface area contributed by atoms with Gasteiger partial charge in [-0.25, -0.2) is 0 Å². The molecule has 1 saturated carbocycles. The first kappa shape index (κ1) is 24.9. The number of hydrogen-bond donors (Lipinski definition) is 0. The number of halogens is 2.